The van der Waals surface area contributed by atoms with Gasteiger partial charge in [0.05, 0.1) is 5.56 Å². The van der Waals surface area contributed by atoms with Crippen LogP contribution in [0.4, 0.5) is 13.2 Å². The molecule has 1 aromatic rings. The van der Waals surface area contributed by atoms with Crippen molar-refractivity contribution >= 4 is 5.91 Å². The fourth-order valence-electron chi connectivity index (χ4n) is 3.60. The van der Waals surface area contributed by atoms with Gasteiger partial charge in [0.2, 0.25) is 5.91 Å². The van der Waals surface area contributed by atoms with E-state index in [2.05, 4.69) is 15.1 Å². The largest absolute Gasteiger partial charge is 0.416 e. The van der Waals surface area contributed by atoms with Crippen molar-refractivity contribution in [1.29, 1.82) is 0 Å². The number of halogens is 3. The first-order valence-electron chi connectivity index (χ1n) is 9.51. The van der Waals surface area contributed by atoms with Crippen molar-refractivity contribution in [2.24, 2.45) is 0 Å². The van der Waals surface area contributed by atoms with Gasteiger partial charge in [-0.25, -0.2) is 0 Å². The van der Waals surface area contributed by atoms with Gasteiger partial charge in [-0.3, -0.25) is 9.69 Å². The summed E-state index contributed by atoms with van der Waals surface area (Å²) in [5.41, 5.74) is 0.0946. The molecule has 0 aromatic heterocycles. The molecule has 0 atom stereocenters. The minimum Gasteiger partial charge on any atom is -0.340 e. The first-order chi connectivity index (χ1) is 12.9. The van der Waals surface area contributed by atoms with E-state index in [9.17, 15) is 18.0 Å². The van der Waals surface area contributed by atoms with E-state index in [0.717, 1.165) is 65.0 Å². The first kappa shape index (κ1) is 20.1. The number of carbonyl (C=O) groups is 1. The zero-order valence-corrected chi connectivity index (χ0v) is 15.5. The predicted molar refractivity (Wildman–Crippen MR) is 97.2 cm³/mol. The molecule has 2 aliphatic heterocycles. The van der Waals surface area contributed by atoms with Crippen LogP contribution in [0.2, 0.25) is 0 Å². The molecule has 27 heavy (non-hydrogen) atoms. The van der Waals surface area contributed by atoms with Gasteiger partial charge < -0.3 is 15.1 Å². The zero-order chi connectivity index (χ0) is 19.3. The third-order valence-corrected chi connectivity index (χ3v) is 5.24. The third kappa shape index (κ3) is 5.92. The molecule has 5 nitrogen and oxygen atoms in total. The van der Waals surface area contributed by atoms with Crippen LogP contribution in [0.3, 0.4) is 0 Å². The van der Waals surface area contributed by atoms with Crippen molar-refractivity contribution in [2.75, 3.05) is 58.9 Å². The molecule has 2 heterocycles. The van der Waals surface area contributed by atoms with Crippen LogP contribution in [0.5, 0.6) is 0 Å². The summed E-state index contributed by atoms with van der Waals surface area (Å²) in [6.45, 7) is 7.85. The number of alkyl halides is 3. The smallest absolute Gasteiger partial charge is 0.340 e. The molecule has 1 amide bonds. The molecule has 8 heteroatoms. The lowest BCUT2D eigenvalue weighted by atomic mass is 10.1. The highest BCUT2D eigenvalue weighted by atomic mass is 19.4. The Morgan fingerprint density at radius 3 is 2.33 bits per heavy atom. The maximum absolute atomic E-state index is 12.8. The Balaban J connectivity index is 1.40. The van der Waals surface area contributed by atoms with Gasteiger partial charge in [-0.15, -0.1) is 0 Å². The van der Waals surface area contributed by atoms with E-state index in [-0.39, 0.29) is 5.91 Å². The van der Waals surface area contributed by atoms with Crippen LogP contribution < -0.4 is 5.32 Å². The van der Waals surface area contributed by atoms with Crippen LogP contribution in [-0.2, 0) is 17.5 Å². The van der Waals surface area contributed by atoms with Crippen molar-refractivity contribution in [3.8, 4) is 0 Å². The second-order valence-electron chi connectivity index (χ2n) is 7.20. The van der Waals surface area contributed by atoms with E-state index < -0.39 is 11.7 Å². The monoisotopic (exact) mass is 384 g/mol. The molecule has 0 bridgehead atoms. The highest BCUT2D eigenvalue weighted by Gasteiger charge is 2.30. The molecule has 0 aliphatic carbocycles. The number of amides is 1. The van der Waals surface area contributed by atoms with Crippen molar-refractivity contribution in [2.45, 2.75) is 19.1 Å². The number of carbonyl (C=O) groups excluding carboxylic acids is 1. The summed E-state index contributed by atoms with van der Waals surface area (Å²) in [6, 6.07) is 5.55. The van der Waals surface area contributed by atoms with Gasteiger partial charge >= 0.3 is 6.18 Å². The van der Waals surface area contributed by atoms with Crippen LogP contribution in [0.25, 0.3) is 0 Å². The lowest BCUT2D eigenvalue weighted by molar-refractivity contribution is -0.137. The van der Waals surface area contributed by atoms with Gasteiger partial charge in [-0.2, -0.15) is 13.2 Å². The molecule has 0 radical (unpaired) electrons. The molecule has 1 aromatic carbocycles. The number of hydrogen-bond donors (Lipinski definition) is 1. The molecule has 150 valence electrons. The number of piperazine rings is 2. The molecule has 3 rings (SSSR count). The molecule has 0 unspecified atom stereocenters. The number of benzene rings is 1. The Kier molecular flexibility index (Phi) is 6.73. The summed E-state index contributed by atoms with van der Waals surface area (Å²) in [6.07, 6.45) is -3.76. The second kappa shape index (κ2) is 9.03. The minimum atomic E-state index is -4.30. The summed E-state index contributed by atoms with van der Waals surface area (Å²) in [5.74, 6) is 0.211. The van der Waals surface area contributed by atoms with Crippen LogP contribution in [0, 0.1) is 0 Å². The number of nitrogens with zero attached hydrogens (tertiary/aromatic N) is 3. The van der Waals surface area contributed by atoms with Crippen molar-refractivity contribution in [3.05, 3.63) is 35.4 Å². The summed E-state index contributed by atoms with van der Waals surface area (Å²) in [7, 11) is 0. The number of hydrogen-bond acceptors (Lipinski definition) is 4. The summed E-state index contributed by atoms with van der Waals surface area (Å²) >= 11 is 0. The SMILES string of the molecule is O=C(CCN1CCN(Cc2cccc(C(F)(F)F)c2)CC1)N1CCNCC1. The van der Waals surface area contributed by atoms with Crippen LogP contribution in [0.1, 0.15) is 17.5 Å². The second-order valence-corrected chi connectivity index (χ2v) is 7.20. The molecular formula is C19H27F3N4O. The van der Waals surface area contributed by atoms with Crippen molar-refractivity contribution in [3.63, 3.8) is 0 Å². The maximum atomic E-state index is 12.8. The molecular weight excluding hydrogens is 357 g/mol. The van der Waals surface area contributed by atoms with E-state index in [1.165, 1.54) is 12.1 Å². The summed E-state index contributed by atoms with van der Waals surface area (Å²) in [4.78, 5) is 18.6. The van der Waals surface area contributed by atoms with E-state index >= 15 is 0 Å². The average molecular weight is 384 g/mol. The Hall–Kier alpha value is -1.64. The van der Waals surface area contributed by atoms with Crippen molar-refractivity contribution in [1.82, 2.24) is 20.0 Å². The van der Waals surface area contributed by atoms with Crippen LogP contribution in [-0.4, -0.2) is 79.5 Å². The van der Waals surface area contributed by atoms with Crippen LogP contribution >= 0.6 is 0 Å². The van der Waals surface area contributed by atoms with Crippen LogP contribution in [0.15, 0.2) is 24.3 Å². The Bertz CT molecular complexity index is 624. The van der Waals surface area contributed by atoms with Gasteiger partial charge in [0, 0.05) is 71.9 Å². The topological polar surface area (TPSA) is 38.8 Å². The summed E-state index contributed by atoms with van der Waals surface area (Å²) in [5, 5.41) is 3.24. The lowest BCUT2D eigenvalue weighted by Gasteiger charge is -2.35. The molecule has 2 saturated heterocycles. The van der Waals surface area contributed by atoms with E-state index in [0.29, 0.717) is 18.5 Å². The number of rotatable bonds is 5. The Morgan fingerprint density at radius 2 is 1.67 bits per heavy atom. The van der Waals surface area contributed by atoms with Gasteiger partial charge in [-0.1, -0.05) is 18.2 Å². The zero-order valence-electron chi connectivity index (χ0n) is 15.5. The highest BCUT2D eigenvalue weighted by molar-refractivity contribution is 5.76. The lowest BCUT2D eigenvalue weighted by Crippen LogP contribution is -2.49. The average Bonchev–Trinajstić information content (AvgIpc) is 2.67. The van der Waals surface area contributed by atoms with Crippen molar-refractivity contribution < 1.29 is 18.0 Å². The molecule has 0 spiro atoms. The van der Waals surface area contributed by atoms with Gasteiger partial charge in [0.1, 0.15) is 0 Å². The summed E-state index contributed by atoms with van der Waals surface area (Å²) < 4.78 is 38.5. The van der Waals surface area contributed by atoms with E-state index in [1.54, 1.807) is 6.07 Å². The minimum absolute atomic E-state index is 0.211. The third-order valence-electron chi connectivity index (χ3n) is 5.24. The van der Waals surface area contributed by atoms with Gasteiger partial charge in [0.15, 0.2) is 0 Å². The molecule has 2 aliphatic rings. The van der Waals surface area contributed by atoms with Gasteiger partial charge in [0.25, 0.3) is 0 Å². The Morgan fingerprint density at radius 1 is 1.00 bits per heavy atom. The van der Waals surface area contributed by atoms with E-state index in [1.807, 2.05) is 4.90 Å². The normalized spacial score (nSPS) is 20.0. The van der Waals surface area contributed by atoms with Gasteiger partial charge in [-0.05, 0) is 11.6 Å². The predicted octanol–water partition coefficient (Wildman–Crippen LogP) is 1.64. The van der Waals surface area contributed by atoms with E-state index in [4.69, 9.17) is 0 Å². The molecule has 1 N–H and O–H groups in total. The first-order valence-corrected chi connectivity index (χ1v) is 9.51. The maximum Gasteiger partial charge on any atom is 0.416 e. The molecule has 2 fully saturated rings. The fourth-order valence-corrected chi connectivity index (χ4v) is 3.60. The Labute approximate surface area is 158 Å². The highest BCUT2D eigenvalue weighted by Crippen LogP contribution is 2.29. The quantitative estimate of drug-likeness (QED) is 0.838. The fraction of sp³-hybridized carbons (Fsp3) is 0.632. The molecule has 0 saturated carbocycles. The number of nitrogens with one attached hydrogen (secondary N) is 1. The standard InChI is InChI=1S/C19H27F3N4O/c20-19(21,22)17-3-1-2-16(14-17)15-25-12-10-24(11-13-25)7-4-18(27)26-8-5-23-6-9-26/h1-3,14,23H,4-13,15H2.